The summed E-state index contributed by atoms with van der Waals surface area (Å²) in [6, 6.07) is -0.416. The number of esters is 1. The second-order valence-corrected chi connectivity index (χ2v) is 7.12. The fourth-order valence-corrected chi connectivity index (χ4v) is 3.31. The average molecular weight is 340 g/mol. The van der Waals surface area contributed by atoms with E-state index in [1.807, 2.05) is 0 Å². The van der Waals surface area contributed by atoms with Crippen LogP contribution in [0.2, 0.25) is 0 Å². The van der Waals surface area contributed by atoms with Crippen LogP contribution in [0, 0.1) is 5.92 Å². The van der Waals surface area contributed by atoms with Gasteiger partial charge in [0.2, 0.25) is 5.91 Å². The van der Waals surface area contributed by atoms with E-state index >= 15 is 0 Å². The van der Waals surface area contributed by atoms with E-state index in [1.54, 1.807) is 0 Å². The molecule has 4 nitrogen and oxygen atoms in total. The standard InChI is InChI=1S/C20H37NO3/c1-3-5-7-9-10-12-14-17(13-11-8-6-4-2)19(22)21-18-15-16-24-20(18)23/h17-18H,3-16H2,1-2H3,(H,21,22). The molecule has 0 aromatic rings. The Bertz CT molecular complexity index is 357. The van der Waals surface area contributed by atoms with Gasteiger partial charge in [-0.05, 0) is 12.8 Å². The first-order valence-electron chi connectivity index (χ1n) is 10.2. The third-order valence-electron chi connectivity index (χ3n) is 4.93. The molecule has 24 heavy (non-hydrogen) atoms. The molecule has 0 radical (unpaired) electrons. The van der Waals surface area contributed by atoms with Gasteiger partial charge in [-0.25, -0.2) is 4.79 Å². The number of hydrogen-bond acceptors (Lipinski definition) is 3. The summed E-state index contributed by atoms with van der Waals surface area (Å²) >= 11 is 0. The number of carbonyl (C=O) groups excluding carboxylic acids is 2. The zero-order valence-electron chi connectivity index (χ0n) is 15.8. The van der Waals surface area contributed by atoms with Crippen molar-refractivity contribution in [2.45, 2.75) is 103 Å². The van der Waals surface area contributed by atoms with Crippen LogP contribution in [0.4, 0.5) is 0 Å². The number of ether oxygens (including phenoxy) is 1. The molecule has 1 saturated heterocycles. The highest BCUT2D eigenvalue weighted by Gasteiger charge is 2.30. The Hall–Kier alpha value is -1.06. The summed E-state index contributed by atoms with van der Waals surface area (Å²) in [6.45, 7) is 4.86. The largest absolute Gasteiger partial charge is 0.464 e. The normalized spacial score (nSPS) is 18.4. The summed E-state index contributed by atoms with van der Waals surface area (Å²) in [6.07, 6.45) is 14.7. The van der Waals surface area contributed by atoms with Gasteiger partial charge >= 0.3 is 5.97 Å². The molecule has 0 spiro atoms. The van der Waals surface area contributed by atoms with Gasteiger partial charge in [0.1, 0.15) is 6.04 Å². The molecule has 0 bridgehead atoms. The van der Waals surface area contributed by atoms with Crippen LogP contribution in [0.25, 0.3) is 0 Å². The fraction of sp³-hybridized carbons (Fsp3) is 0.900. The van der Waals surface area contributed by atoms with Crippen molar-refractivity contribution in [3.63, 3.8) is 0 Å². The highest BCUT2D eigenvalue weighted by molar-refractivity contribution is 5.86. The zero-order chi connectivity index (χ0) is 17.6. The molecule has 1 amide bonds. The SMILES string of the molecule is CCCCCCCCC(CCCCCC)C(=O)NC1CCOC1=O. The summed E-state index contributed by atoms with van der Waals surface area (Å²) in [5, 5.41) is 2.92. The third-order valence-corrected chi connectivity index (χ3v) is 4.93. The Balaban J connectivity index is 2.34. The molecule has 0 saturated carbocycles. The van der Waals surface area contributed by atoms with Gasteiger partial charge in [-0.3, -0.25) is 4.79 Å². The Kier molecular flexibility index (Phi) is 11.6. The van der Waals surface area contributed by atoms with Crippen LogP contribution in [0.1, 0.15) is 97.3 Å². The molecule has 2 unspecified atom stereocenters. The van der Waals surface area contributed by atoms with Gasteiger partial charge in [-0.15, -0.1) is 0 Å². The minimum atomic E-state index is -0.416. The van der Waals surface area contributed by atoms with Crippen LogP contribution in [0.15, 0.2) is 0 Å². The quantitative estimate of drug-likeness (QED) is 0.367. The van der Waals surface area contributed by atoms with Crippen molar-refractivity contribution in [2.24, 2.45) is 5.92 Å². The number of cyclic esters (lactones) is 1. The van der Waals surface area contributed by atoms with Crippen LogP contribution in [0.3, 0.4) is 0 Å². The molecular formula is C20H37NO3. The Morgan fingerprint density at radius 3 is 2.08 bits per heavy atom. The first-order chi connectivity index (χ1) is 11.7. The molecule has 1 N–H and O–H groups in total. The molecule has 0 aromatic carbocycles. The zero-order valence-corrected chi connectivity index (χ0v) is 15.8. The van der Waals surface area contributed by atoms with Crippen molar-refractivity contribution in [1.82, 2.24) is 5.32 Å². The molecule has 1 rings (SSSR count). The van der Waals surface area contributed by atoms with Gasteiger partial charge in [0.25, 0.3) is 0 Å². The average Bonchev–Trinajstić information content (AvgIpc) is 2.97. The Morgan fingerprint density at radius 2 is 1.54 bits per heavy atom. The van der Waals surface area contributed by atoms with Gasteiger partial charge < -0.3 is 10.1 Å². The van der Waals surface area contributed by atoms with Crippen molar-refractivity contribution in [3.05, 3.63) is 0 Å². The maximum Gasteiger partial charge on any atom is 0.328 e. The van der Waals surface area contributed by atoms with E-state index in [1.165, 1.54) is 51.4 Å². The van der Waals surface area contributed by atoms with E-state index in [-0.39, 0.29) is 17.8 Å². The maximum atomic E-state index is 12.6. The highest BCUT2D eigenvalue weighted by Crippen LogP contribution is 2.20. The molecule has 1 aliphatic heterocycles. The number of amides is 1. The molecule has 0 aliphatic carbocycles. The van der Waals surface area contributed by atoms with Crippen LogP contribution in [0.5, 0.6) is 0 Å². The third kappa shape index (κ3) is 8.70. The Labute approximate surface area is 148 Å². The predicted molar refractivity (Wildman–Crippen MR) is 97.7 cm³/mol. The van der Waals surface area contributed by atoms with E-state index < -0.39 is 6.04 Å². The van der Waals surface area contributed by atoms with E-state index in [0.29, 0.717) is 13.0 Å². The van der Waals surface area contributed by atoms with Crippen molar-refractivity contribution in [2.75, 3.05) is 6.61 Å². The van der Waals surface area contributed by atoms with Crippen molar-refractivity contribution < 1.29 is 14.3 Å². The van der Waals surface area contributed by atoms with Gasteiger partial charge in [0.15, 0.2) is 0 Å². The molecule has 4 heteroatoms. The van der Waals surface area contributed by atoms with E-state index in [0.717, 1.165) is 25.7 Å². The van der Waals surface area contributed by atoms with Crippen LogP contribution in [-0.4, -0.2) is 24.5 Å². The second kappa shape index (κ2) is 13.3. The van der Waals surface area contributed by atoms with Gasteiger partial charge in [-0.2, -0.15) is 0 Å². The molecular weight excluding hydrogens is 302 g/mol. The monoisotopic (exact) mass is 339 g/mol. The Morgan fingerprint density at radius 1 is 1.00 bits per heavy atom. The van der Waals surface area contributed by atoms with Crippen molar-refractivity contribution in [1.29, 1.82) is 0 Å². The van der Waals surface area contributed by atoms with Gasteiger partial charge in [0.05, 0.1) is 6.61 Å². The first kappa shape index (κ1) is 21.0. The first-order valence-corrected chi connectivity index (χ1v) is 10.2. The van der Waals surface area contributed by atoms with E-state index in [9.17, 15) is 9.59 Å². The molecule has 1 aliphatic rings. The molecule has 2 atom stereocenters. The van der Waals surface area contributed by atoms with Crippen molar-refractivity contribution in [3.8, 4) is 0 Å². The van der Waals surface area contributed by atoms with Gasteiger partial charge in [0, 0.05) is 12.3 Å². The second-order valence-electron chi connectivity index (χ2n) is 7.12. The van der Waals surface area contributed by atoms with E-state index in [4.69, 9.17) is 4.74 Å². The fourth-order valence-electron chi connectivity index (χ4n) is 3.31. The lowest BCUT2D eigenvalue weighted by molar-refractivity contribution is -0.142. The lowest BCUT2D eigenvalue weighted by atomic mass is 9.93. The summed E-state index contributed by atoms with van der Waals surface area (Å²) < 4.78 is 4.94. The number of rotatable bonds is 14. The maximum absolute atomic E-state index is 12.6. The van der Waals surface area contributed by atoms with Crippen LogP contribution in [-0.2, 0) is 14.3 Å². The molecule has 1 heterocycles. The minimum Gasteiger partial charge on any atom is -0.464 e. The molecule has 1 fully saturated rings. The number of hydrogen-bond donors (Lipinski definition) is 1. The minimum absolute atomic E-state index is 0.0569. The summed E-state index contributed by atoms with van der Waals surface area (Å²) in [4.78, 5) is 24.1. The number of unbranched alkanes of at least 4 members (excludes halogenated alkanes) is 8. The number of carbonyl (C=O) groups is 2. The lowest BCUT2D eigenvalue weighted by Gasteiger charge is -2.18. The lowest BCUT2D eigenvalue weighted by Crippen LogP contribution is -2.41. The molecule has 140 valence electrons. The van der Waals surface area contributed by atoms with Gasteiger partial charge in [-0.1, -0.05) is 78.1 Å². The van der Waals surface area contributed by atoms with Crippen LogP contribution < -0.4 is 5.32 Å². The van der Waals surface area contributed by atoms with E-state index in [2.05, 4.69) is 19.2 Å². The summed E-state index contributed by atoms with van der Waals surface area (Å²) in [7, 11) is 0. The summed E-state index contributed by atoms with van der Waals surface area (Å²) in [5.41, 5.74) is 0. The predicted octanol–water partition coefficient (Wildman–Crippen LogP) is 4.76. The number of nitrogens with one attached hydrogen (secondary N) is 1. The topological polar surface area (TPSA) is 55.4 Å². The van der Waals surface area contributed by atoms with Crippen LogP contribution >= 0.6 is 0 Å². The smallest absolute Gasteiger partial charge is 0.328 e. The van der Waals surface area contributed by atoms with Crippen molar-refractivity contribution >= 4 is 11.9 Å². The summed E-state index contributed by atoms with van der Waals surface area (Å²) in [5.74, 6) is -0.155. The molecule has 0 aromatic heterocycles. The highest BCUT2D eigenvalue weighted by atomic mass is 16.5.